The molecule has 2 heteroatoms. The molecule has 0 unspecified atom stereocenters. The third-order valence-electron chi connectivity index (χ3n) is 3.55. The smallest absolute Gasteiger partial charge is 0.123 e. The van der Waals surface area contributed by atoms with Gasteiger partial charge in [-0.2, -0.15) is 0 Å². The van der Waals surface area contributed by atoms with E-state index >= 15 is 0 Å². The van der Waals surface area contributed by atoms with Gasteiger partial charge in [0.25, 0.3) is 0 Å². The van der Waals surface area contributed by atoms with Crippen molar-refractivity contribution in [1.29, 1.82) is 0 Å². The van der Waals surface area contributed by atoms with Crippen LogP contribution >= 0.6 is 0 Å². The molecule has 1 aliphatic carbocycles. The lowest BCUT2D eigenvalue weighted by Gasteiger charge is -2.22. The lowest BCUT2D eigenvalue weighted by Crippen LogP contribution is -2.03. The molecule has 0 saturated carbocycles. The SMILES string of the molecule is C=CC.CCc1cc(O)c([C@@H]2C=C(C)CCC2)c(O)c1. The van der Waals surface area contributed by atoms with Gasteiger partial charge in [0.05, 0.1) is 0 Å². The highest BCUT2D eigenvalue weighted by molar-refractivity contribution is 5.50. The molecule has 0 fully saturated rings. The van der Waals surface area contributed by atoms with Crippen LogP contribution in [0.15, 0.2) is 36.4 Å². The molecule has 0 spiro atoms. The maximum atomic E-state index is 10.1. The number of aromatic hydroxyl groups is 2. The predicted molar refractivity (Wildman–Crippen MR) is 85.4 cm³/mol. The maximum absolute atomic E-state index is 10.1. The fourth-order valence-electron chi connectivity index (χ4n) is 2.60. The average molecular weight is 274 g/mol. The van der Waals surface area contributed by atoms with Crippen LogP contribution in [0.2, 0.25) is 0 Å². The minimum Gasteiger partial charge on any atom is -0.507 e. The van der Waals surface area contributed by atoms with E-state index in [1.807, 2.05) is 13.8 Å². The number of allylic oxidation sites excluding steroid dienone is 3. The van der Waals surface area contributed by atoms with Crippen molar-refractivity contribution in [2.24, 2.45) is 0 Å². The minimum absolute atomic E-state index is 0.162. The van der Waals surface area contributed by atoms with E-state index < -0.39 is 0 Å². The second kappa shape index (κ2) is 7.78. The normalized spacial score (nSPS) is 17.8. The van der Waals surface area contributed by atoms with Crippen molar-refractivity contribution >= 4 is 0 Å². The topological polar surface area (TPSA) is 40.5 Å². The van der Waals surface area contributed by atoms with Gasteiger partial charge < -0.3 is 10.2 Å². The molecular weight excluding hydrogens is 248 g/mol. The molecule has 0 radical (unpaired) electrons. The quantitative estimate of drug-likeness (QED) is 0.739. The number of hydrogen-bond acceptors (Lipinski definition) is 2. The van der Waals surface area contributed by atoms with E-state index in [0.29, 0.717) is 5.56 Å². The Bertz CT molecular complexity index is 463. The number of phenolic OH excluding ortho intramolecular Hbond substituents is 2. The summed E-state index contributed by atoms with van der Waals surface area (Å²) in [6, 6.07) is 3.54. The zero-order chi connectivity index (χ0) is 15.1. The van der Waals surface area contributed by atoms with Crippen LogP contribution in [0.4, 0.5) is 0 Å². The third kappa shape index (κ3) is 4.16. The van der Waals surface area contributed by atoms with E-state index in [0.717, 1.165) is 31.2 Å². The van der Waals surface area contributed by atoms with E-state index in [4.69, 9.17) is 0 Å². The Morgan fingerprint density at radius 1 is 1.30 bits per heavy atom. The Morgan fingerprint density at radius 3 is 2.30 bits per heavy atom. The Kier molecular flexibility index (Phi) is 6.37. The maximum Gasteiger partial charge on any atom is 0.123 e. The summed E-state index contributed by atoms with van der Waals surface area (Å²) in [6.45, 7) is 9.37. The average Bonchev–Trinajstić information content (AvgIpc) is 2.38. The number of hydrogen-bond donors (Lipinski definition) is 2. The first-order valence-electron chi connectivity index (χ1n) is 7.32. The molecule has 0 saturated heterocycles. The summed E-state index contributed by atoms with van der Waals surface area (Å²) < 4.78 is 0. The van der Waals surface area contributed by atoms with E-state index in [2.05, 4.69) is 19.6 Å². The summed E-state index contributed by atoms with van der Waals surface area (Å²) in [5, 5.41) is 20.1. The fourth-order valence-corrected chi connectivity index (χ4v) is 2.60. The molecule has 1 aromatic carbocycles. The monoisotopic (exact) mass is 274 g/mol. The number of phenols is 2. The second-order valence-corrected chi connectivity index (χ2v) is 5.32. The van der Waals surface area contributed by atoms with Gasteiger partial charge in [0.2, 0.25) is 0 Å². The zero-order valence-corrected chi connectivity index (χ0v) is 12.8. The molecule has 2 N–H and O–H groups in total. The van der Waals surface area contributed by atoms with E-state index in [1.54, 1.807) is 18.2 Å². The molecule has 2 nitrogen and oxygen atoms in total. The molecule has 0 aromatic heterocycles. The van der Waals surface area contributed by atoms with Gasteiger partial charge in [0.15, 0.2) is 0 Å². The summed E-state index contributed by atoms with van der Waals surface area (Å²) in [5.41, 5.74) is 3.01. The first-order valence-corrected chi connectivity index (χ1v) is 7.32. The van der Waals surface area contributed by atoms with Gasteiger partial charge in [-0.15, -0.1) is 6.58 Å². The van der Waals surface area contributed by atoms with Gasteiger partial charge >= 0.3 is 0 Å². The largest absolute Gasteiger partial charge is 0.507 e. The highest BCUT2D eigenvalue weighted by Gasteiger charge is 2.20. The van der Waals surface area contributed by atoms with E-state index in [-0.39, 0.29) is 17.4 Å². The molecular formula is C18H26O2. The Labute approximate surface area is 122 Å². The minimum atomic E-state index is 0.162. The van der Waals surface area contributed by atoms with Crippen LogP contribution in [0.1, 0.15) is 57.1 Å². The number of aryl methyl sites for hydroxylation is 1. The summed E-state index contributed by atoms with van der Waals surface area (Å²) in [7, 11) is 0. The van der Waals surface area contributed by atoms with Crippen LogP contribution in [0.3, 0.4) is 0 Å². The molecule has 0 amide bonds. The van der Waals surface area contributed by atoms with Crippen molar-refractivity contribution in [1.82, 2.24) is 0 Å². The standard InChI is InChI=1S/C15H20O2.C3H6/c1-3-11-8-13(16)15(14(17)9-11)12-6-4-5-10(2)7-12;1-3-2/h7-9,12,16-17H,3-6H2,1-2H3;3H,1H2,2H3/t12-;/m0./s1. The van der Waals surface area contributed by atoms with Crippen LogP contribution in [-0.4, -0.2) is 10.2 Å². The number of benzene rings is 1. The molecule has 1 aromatic rings. The molecule has 1 aliphatic rings. The Balaban J connectivity index is 0.000000612. The van der Waals surface area contributed by atoms with Crippen LogP contribution in [0.25, 0.3) is 0 Å². The molecule has 0 heterocycles. The molecule has 1 atom stereocenters. The first-order chi connectivity index (χ1) is 9.53. The van der Waals surface area contributed by atoms with Gasteiger partial charge in [-0.25, -0.2) is 0 Å². The molecule has 2 rings (SSSR count). The zero-order valence-electron chi connectivity index (χ0n) is 12.8. The van der Waals surface area contributed by atoms with Crippen molar-refractivity contribution in [3.63, 3.8) is 0 Å². The van der Waals surface area contributed by atoms with Crippen LogP contribution in [-0.2, 0) is 6.42 Å². The van der Waals surface area contributed by atoms with Crippen molar-refractivity contribution in [3.8, 4) is 11.5 Å². The highest BCUT2D eigenvalue weighted by atomic mass is 16.3. The van der Waals surface area contributed by atoms with Gasteiger partial charge in [0.1, 0.15) is 11.5 Å². The fraction of sp³-hybridized carbons (Fsp3) is 0.444. The lowest BCUT2D eigenvalue weighted by molar-refractivity contribution is 0.427. The van der Waals surface area contributed by atoms with Crippen molar-refractivity contribution in [2.75, 3.05) is 0 Å². The first kappa shape index (κ1) is 16.4. The van der Waals surface area contributed by atoms with E-state index in [1.165, 1.54) is 5.57 Å². The van der Waals surface area contributed by atoms with Gasteiger partial charge in [-0.05, 0) is 57.2 Å². The second-order valence-electron chi connectivity index (χ2n) is 5.32. The predicted octanol–water partition coefficient (Wildman–Crippen LogP) is 5.07. The van der Waals surface area contributed by atoms with Crippen molar-refractivity contribution < 1.29 is 10.2 Å². The molecule has 0 bridgehead atoms. The van der Waals surface area contributed by atoms with Crippen LogP contribution in [0.5, 0.6) is 11.5 Å². The van der Waals surface area contributed by atoms with Crippen LogP contribution < -0.4 is 0 Å². The summed E-state index contributed by atoms with van der Waals surface area (Å²) in [4.78, 5) is 0. The molecule has 110 valence electrons. The van der Waals surface area contributed by atoms with Crippen LogP contribution in [0, 0.1) is 0 Å². The van der Waals surface area contributed by atoms with Gasteiger partial charge in [-0.1, -0.05) is 24.6 Å². The Morgan fingerprint density at radius 2 is 1.85 bits per heavy atom. The summed E-state index contributed by atoms with van der Waals surface area (Å²) in [6.07, 6.45) is 8.00. The molecule has 20 heavy (non-hydrogen) atoms. The van der Waals surface area contributed by atoms with Gasteiger partial charge in [-0.3, -0.25) is 0 Å². The lowest BCUT2D eigenvalue weighted by atomic mass is 9.84. The van der Waals surface area contributed by atoms with E-state index in [9.17, 15) is 10.2 Å². The third-order valence-corrected chi connectivity index (χ3v) is 3.55. The summed E-state index contributed by atoms with van der Waals surface area (Å²) in [5.74, 6) is 0.630. The summed E-state index contributed by atoms with van der Waals surface area (Å²) >= 11 is 0. The number of rotatable bonds is 2. The molecule has 0 aliphatic heterocycles. The van der Waals surface area contributed by atoms with Crippen molar-refractivity contribution in [2.45, 2.75) is 52.4 Å². The van der Waals surface area contributed by atoms with Gasteiger partial charge in [0, 0.05) is 11.5 Å². The highest BCUT2D eigenvalue weighted by Crippen LogP contribution is 2.41. The van der Waals surface area contributed by atoms with Crippen molar-refractivity contribution in [3.05, 3.63) is 47.6 Å². The Hall–Kier alpha value is -1.70.